The SMILES string of the molecule is C=C(C)C1CCC2(CO)CCC3(C)C(CCC4C(C)(C/C=C(/c5cc(C(=O)O)[nH]n5)C(C)C)CCCC43C)C12. The second-order valence-corrected chi connectivity index (χ2v) is 15.1. The summed E-state index contributed by atoms with van der Waals surface area (Å²) in [4.78, 5) is 11.5. The lowest BCUT2D eigenvalue weighted by Crippen LogP contribution is -2.62. The Morgan fingerprint density at radius 2 is 1.87 bits per heavy atom. The van der Waals surface area contributed by atoms with Gasteiger partial charge in [0.25, 0.3) is 0 Å². The fourth-order valence-electron chi connectivity index (χ4n) is 10.8. The lowest BCUT2D eigenvalue weighted by molar-refractivity contribution is -0.209. The number of aliphatic hydroxyl groups is 1. The van der Waals surface area contributed by atoms with Crippen LogP contribution in [0.25, 0.3) is 5.57 Å². The van der Waals surface area contributed by atoms with Crippen molar-refractivity contribution in [1.29, 1.82) is 0 Å². The zero-order chi connectivity index (χ0) is 28.4. The molecular formula is C34H52N2O3. The molecule has 1 heterocycles. The Labute approximate surface area is 235 Å². The van der Waals surface area contributed by atoms with Gasteiger partial charge in [-0.1, -0.05) is 59.3 Å². The normalized spacial score (nSPS) is 42.1. The molecule has 0 spiro atoms. The van der Waals surface area contributed by atoms with Crippen molar-refractivity contribution in [2.24, 2.45) is 51.2 Å². The number of hydrogen-bond acceptors (Lipinski definition) is 3. The number of rotatable bonds is 7. The molecule has 5 heteroatoms. The zero-order valence-corrected chi connectivity index (χ0v) is 25.3. The van der Waals surface area contributed by atoms with Gasteiger partial charge < -0.3 is 10.2 Å². The molecule has 0 amide bonds. The number of fused-ring (bicyclic) bond motifs is 5. The highest BCUT2D eigenvalue weighted by Gasteiger charge is 2.67. The number of carboxylic acids is 1. The highest BCUT2D eigenvalue weighted by Crippen LogP contribution is 2.75. The van der Waals surface area contributed by atoms with Crippen LogP contribution >= 0.6 is 0 Å². The molecule has 0 aromatic carbocycles. The maximum atomic E-state index is 11.5. The van der Waals surface area contributed by atoms with E-state index in [9.17, 15) is 15.0 Å². The van der Waals surface area contributed by atoms with Crippen LogP contribution in [0.3, 0.4) is 0 Å². The van der Waals surface area contributed by atoms with E-state index in [1.54, 1.807) is 6.07 Å². The number of carbonyl (C=O) groups is 1. The summed E-state index contributed by atoms with van der Waals surface area (Å²) in [6, 6.07) is 1.68. The molecule has 4 fully saturated rings. The number of aromatic carboxylic acids is 1. The van der Waals surface area contributed by atoms with Gasteiger partial charge in [-0.3, -0.25) is 5.10 Å². The van der Waals surface area contributed by atoms with Crippen LogP contribution in [0.5, 0.6) is 0 Å². The average Bonchev–Trinajstić information content (AvgIpc) is 3.51. The molecule has 0 aliphatic heterocycles. The van der Waals surface area contributed by atoms with Crippen molar-refractivity contribution in [2.45, 2.75) is 106 Å². The molecule has 0 radical (unpaired) electrons. The van der Waals surface area contributed by atoms with Gasteiger partial charge in [-0.15, -0.1) is 0 Å². The van der Waals surface area contributed by atoms with Crippen molar-refractivity contribution in [2.75, 3.05) is 6.61 Å². The third-order valence-corrected chi connectivity index (χ3v) is 13.1. The topological polar surface area (TPSA) is 86.2 Å². The van der Waals surface area contributed by atoms with Crippen LogP contribution in [0.4, 0.5) is 0 Å². The Morgan fingerprint density at radius 1 is 1.13 bits per heavy atom. The fourth-order valence-corrected chi connectivity index (χ4v) is 10.8. The molecule has 0 saturated heterocycles. The monoisotopic (exact) mass is 536 g/mol. The minimum Gasteiger partial charge on any atom is -0.477 e. The predicted molar refractivity (Wildman–Crippen MR) is 157 cm³/mol. The van der Waals surface area contributed by atoms with Gasteiger partial charge in [0.15, 0.2) is 0 Å². The van der Waals surface area contributed by atoms with Gasteiger partial charge in [0.2, 0.25) is 0 Å². The Kier molecular flexibility index (Phi) is 7.26. The van der Waals surface area contributed by atoms with Crippen molar-refractivity contribution in [3.63, 3.8) is 0 Å². The standard InChI is InChI=1S/C34H52N2O3/c1-21(2)23(26-19-27(30(38)39)36-35-26)11-15-31(5)13-8-14-33(7)28(31)10-9-25-29-24(22(3)4)12-16-34(29,20-37)18-17-32(25,33)6/h11,19,21,24-25,28-29,37H,3,8-10,12-18,20H2,1-2,4-7H3,(H,35,36)(H,38,39)/b23-11+. The highest BCUT2D eigenvalue weighted by molar-refractivity contribution is 5.86. The second-order valence-electron chi connectivity index (χ2n) is 15.1. The summed E-state index contributed by atoms with van der Waals surface area (Å²) in [7, 11) is 0. The van der Waals surface area contributed by atoms with Crippen LogP contribution in [-0.4, -0.2) is 33.0 Å². The second kappa shape index (κ2) is 9.89. The van der Waals surface area contributed by atoms with Crippen molar-refractivity contribution >= 4 is 11.5 Å². The first-order valence-electron chi connectivity index (χ1n) is 15.6. The number of nitrogens with one attached hydrogen (secondary N) is 1. The Morgan fingerprint density at radius 3 is 2.49 bits per heavy atom. The van der Waals surface area contributed by atoms with Crippen LogP contribution in [0.2, 0.25) is 0 Å². The molecule has 216 valence electrons. The van der Waals surface area contributed by atoms with Crippen molar-refractivity contribution < 1.29 is 15.0 Å². The van der Waals surface area contributed by atoms with Gasteiger partial charge in [0, 0.05) is 6.61 Å². The minimum atomic E-state index is -0.967. The molecule has 4 saturated carbocycles. The molecule has 1 aromatic rings. The van der Waals surface area contributed by atoms with E-state index in [2.05, 4.69) is 64.4 Å². The number of aromatic amines is 1. The first-order chi connectivity index (χ1) is 18.3. The Hall–Kier alpha value is -1.88. The van der Waals surface area contributed by atoms with E-state index >= 15 is 0 Å². The van der Waals surface area contributed by atoms with Crippen LogP contribution in [0.1, 0.15) is 122 Å². The van der Waals surface area contributed by atoms with E-state index in [0.717, 1.165) is 30.5 Å². The summed E-state index contributed by atoms with van der Waals surface area (Å²) in [6.07, 6.45) is 14.5. The third-order valence-electron chi connectivity index (χ3n) is 13.1. The van der Waals surface area contributed by atoms with E-state index in [0.29, 0.717) is 30.3 Å². The number of H-pyrrole nitrogens is 1. The Balaban J connectivity index is 1.46. The molecule has 1 aromatic heterocycles. The fraction of sp³-hybridized carbons (Fsp3) is 0.765. The summed E-state index contributed by atoms with van der Waals surface area (Å²) < 4.78 is 0. The lowest BCUT2D eigenvalue weighted by Gasteiger charge is -2.69. The largest absolute Gasteiger partial charge is 0.477 e. The van der Waals surface area contributed by atoms with Crippen molar-refractivity contribution in [1.82, 2.24) is 10.2 Å². The average molecular weight is 537 g/mol. The van der Waals surface area contributed by atoms with E-state index in [1.165, 1.54) is 50.5 Å². The van der Waals surface area contributed by atoms with Gasteiger partial charge in [0.05, 0.1) is 5.69 Å². The number of aliphatic hydroxyl groups excluding tert-OH is 1. The smallest absolute Gasteiger partial charge is 0.353 e. The van der Waals surface area contributed by atoms with E-state index in [1.807, 2.05) is 0 Å². The molecule has 5 nitrogen and oxygen atoms in total. The summed E-state index contributed by atoms with van der Waals surface area (Å²) >= 11 is 0. The molecule has 4 aliphatic rings. The van der Waals surface area contributed by atoms with Crippen LogP contribution < -0.4 is 0 Å². The first-order valence-corrected chi connectivity index (χ1v) is 15.6. The van der Waals surface area contributed by atoms with E-state index < -0.39 is 5.97 Å². The summed E-state index contributed by atoms with van der Waals surface area (Å²) in [6.45, 7) is 19.2. The molecule has 39 heavy (non-hydrogen) atoms. The number of allylic oxidation sites excluding steroid dienone is 3. The van der Waals surface area contributed by atoms with E-state index in [-0.39, 0.29) is 33.3 Å². The molecule has 8 unspecified atom stereocenters. The van der Waals surface area contributed by atoms with Gasteiger partial charge in [-0.25, -0.2) is 4.79 Å². The quantitative estimate of drug-likeness (QED) is 0.307. The maximum absolute atomic E-state index is 11.5. The molecule has 8 atom stereocenters. The maximum Gasteiger partial charge on any atom is 0.353 e. The van der Waals surface area contributed by atoms with Crippen LogP contribution in [-0.2, 0) is 0 Å². The van der Waals surface area contributed by atoms with Gasteiger partial charge >= 0.3 is 5.97 Å². The number of nitrogens with zero attached hydrogens (tertiary/aromatic N) is 1. The zero-order valence-electron chi connectivity index (χ0n) is 25.3. The summed E-state index contributed by atoms with van der Waals surface area (Å²) in [5, 5.41) is 27.2. The molecule has 4 aliphatic carbocycles. The lowest BCUT2D eigenvalue weighted by atomic mass is 9.35. The van der Waals surface area contributed by atoms with Crippen LogP contribution in [0.15, 0.2) is 24.3 Å². The van der Waals surface area contributed by atoms with Gasteiger partial charge in [-0.05, 0) is 128 Å². The Bertz CT molecular complexity index is 1150. The number of hydrogen-bond donors (Lipinski definition) is 3. The molecular weight excluding hydrogens is 484 g/mol. The molecule has 3 N–H and O–H groups in total. The van der Waals surface area contributed by atoms with E-state index in [4.69, 9.17) is 0 Å². The van der Waals surface area contributed by atoms with Gasteiger partial charge in [0.1, 0.15) is 5.69 Å². The molecule has 5 rings (SSSR count). The third kappa shape index (κ3) is 4.28. The first kappa shape index (κ1) is 28.6. The predicted octanol–water partition coefficient (Wildman–Crippen LogP) is 8.14. The minimum absolute atomic E-state index is 0.0994. The summed E-state index contributed by atoms with van der Waals surface area (Å²) in [5.74, 6) is 1.74. The highest BCUT2D eigenvalue weighted by atomic mass is 16.4. The number of aromatic nitrogens is 2. The van der Waals surface area contributed by atoms with Crippen molar-refractivity contribution in [3.8, 4) is 0 Å². The van der Waals surface area contributed by atoms with Crippen molar-refractivity contribution in [3.05, 3.63) is 35.7 Å². The summed E-state index contributed by atoms with van der Waals surface area (Å²) in [5.41, 5.74) is 4.26. The molecule has 0 bridgehead atoms. The van der Waals surface area contributed by atoms with Gasteiger partial charge in [-0.2, -0.15) is 5.10 Å². The van der Waals surface area contributed by atoms with Crippen LogP contribution in [0, 0.1) is 51.2 Å². The number of carboxylic acid groups (broad SMARTS) is 1.